The second-order valence-electron chi connectivity index (χ2n) is 7.61. The second-order valence-corrected chi connectivity index (χ2v) is 7.61. The number of nitrogens with zero attached hydrogens (tertiary/aromatic N) is 3. The SMILES string of the molecule is Cn1c(=O)n(CC(=O)N2CCC[C@]3(C)NCCC[C@@H]23)c2ccccc21. The number of likely N-dealkylation sites (tertiary alicyclic amines) is 1. The van der Waals surface area contributed by atoms with Gasteiger partial charge >= 0.3 is 5.69 Å². The van der Waals surface area contributed by atoms with Crippen LogP contribution in [0.25, 0.3) is 11.0 Å². The van der Waals surface area contributed by atoms with Gasteiger partial charge in [0, 0.05) is 25.2 Å². The minimum atomic E-state index is -0.129. The summed E-state index contributed by atoms with van der Waals surface area (Å²) in [7, 11) is 1.76. The highest BCUT2D eigenvalue weighted by Gasteiger charge is 2.44. The number of aromatic nitrogens is 2. The van der Waals surface area contributed by atoms with Crippen molar-refractivity contribution in [3.8, 4) is 0 Å². The number of hydrogen-bond acceptors (Lipinski definition) is 3. The molecule has 0 aliphatic carbocycles. The summed E-state index contributed by atoms with van der Waals surface area (Å²) in [4.78, 5) is 27.7. The normalized spacial score (nSPS) is 26.6. The highest BCUT2D eigenvalue weighted by Crippen LogP contribution is 2.33. The van der Waals surface area contributed by atoms with Crippen molar-refractivity contribution in [1.29, 1.82) is 0 Å². The van der Waals surface area contributed by atoms with E-state index in [4.69, 9.17) is 0 Å². The number of amides is 1. The summed E-state index contributed by atoms with van der Waals surface area (Å²) >= 11 is 0. The first-order valence-electron chi connectivity index (χ1n) is 9.20. The topological polar surface area (TPSA) is 59.3 Å². The van der Waals surface area contributed by atoms with Gasteiger partial charge in [-0.1, -0.05) is 12.1 Å². The highest BCUT2D eigenvalue weighted by atomic mass is 16.2. The van der Waals surface area contributed by atoms with Gasteiger partial charge in [-0.2, -0.15) is 0 Å². The summed E-state index contributed by atoms with van der Waals surface area (Å²) in [5.41, 5.74) is 1.57. The molecule has 2 aliphatic rings. The Hall–Kier alpha value is -2.08. The lowest BCUT2D eigenvalue weighted by molar-refractivity contribution is -0.139. The first kappa shape index (κ1) is 16.4. The van der Waals surface area contributed by atoms with Crippen LogP contribution in [-0.4, -0.2) is 44.6 Å². The summed E-state index contributed by atoms with van der Waals surface area (Å²) in [6, 6.07) is 7.88. The Morgan fingerprint density at radius 3 is 2.84 bits per heavy atom. The molecule has 2 aliphatic heterocycles. The quantitative estimate of drug-likeness (QED) is 0.899. The number of nitrogens with one attached hydrogen (secondary N) is 1. The van der Waals surface area contributed by atoms with Crippen LogP contribution in [0.2, 0.25) is 0 Å². The van der Waals surface area contributed by atoms with Crippen molar-refractivity contribution in [2.24, 2.45) is 7.05 Å². The number of rotatable bonds is 2. The zero-order valence-corrected chi connectivity index (χ0v) is 15.0. The van der Waals surface area contributed by atoms with Crippen LogP contribution in [0.1, 0.15) is 32.6 Å². The molecule has 1 aromatic heterocycles. The largest absolute Gasteiger partial charge is 0.336 e. The molecule has 25 heavy (non-hydrogen) atoms. The lowest BCUT2D eigenvalue weighted by atomic mass is 9.78. The fourth-order valence-electron chi connectivity index (χ4n) is 4.67. The van der Waals surface area contributed by atoms with Crippen molar-refractivity contribution in [1.82, 2.24) is 19.4 Å². The third-order valence-corrected chi connectivity index (χ3v) is 6.06. The van der Waals surface area contributed by atoms with Crippen molar-refractivity contribution in [2.45, 2.75) is 50.7 Å². The summed E-state index contributed by atoms with van der Waals surface area (Å²) < 4.78 is 3.23. The molecule has 2 fully saturated rings. The van der Waals surface area contributed by atoms with E-state index in [-0.39, 0.29) is 29.7 Å². The van der Waals surface area contributed by atoms with Crippen LogP contribution < -0.4 is 11.0 Å². The molecule has 1 aromatic carbocycles. The molecule has 4 rings (SSSR count). The van der Waals surface area contributed by atoms with Crippen LogP contribution in [0.4, 0.5) is 0 Å². The highest BCUT2D eigenvalue weighted by molar-refractivity contribution is 5.81. The van der Waals surface area contributed by atoms with Crippen LogP contribution in [0.5, 0.6) is 0 Å². The number of para-hydroxylation sites is 2. The molecular formula is C19H26N4O2. The summed E-state index contributed by atoms with van der Waals surface area (Å²) in [5, 5.41) is 3.62. The van der Waals surface area contributed by atoms with E-state index in [0.29, 0.717) is 0 Å². The second kappa shape index (κ2) is 6.02. The number of piperidine rings is 2. The average molecular weight is 342 g/mol. The number of benzene rings is 1. The van der Waals surface area contributed by atoms with Gasteiger partial charge in [-0.3, -0.25) is 13.9 Å². The van der Waals surface area contributed by atoms with Crippen molar-refractivity contribution >= 4 is 16.9 Å². The molecule has 6 nitrogen and oxygen atoms in total. The van der Waals surface area contributed by atoms with E-state index in [2.05, 4.69) is 12.2 Å². The summed E-state index contributed by atoms with van der Waals surface area (Å²) in [6.45, 7) is 4.17. The first-order valence-corrected chi connectivity index (χ1v) is 9.20. The standard InChI is InChI=1S/C19H26N4O2/c1-19-10-6-12-22(16(19)9-5-11-20-19)17(24)13-23-15-8-4-3-7-14(15)21(2)18(23)25/h3-4,7-8,16,20H,5-6,9-13H2,1-2H3/t16-,19+/m1/s1. The lowest BCUT2D eigenvalue weighted by Crippen LogP contribution is -2.66. The molecule has 0 bridgehead atoms. The van der Waals surface area contributed by atoms with Gasteiger partial charge in [-0.05, 0) is 51.3 Å². The number of carbonyl (C=O) groups is 1. The smallest absolute Gasteiger partial charge is 0.329 e. The maximum atomic E-state index is 13.1. The maximum Gasteiger partial charge on any atom is 0.329 e. The molecular weight excluding hydrogens is 316 g/mol. The van der Waals surface area contributed by atoms with Gasteiger partial charge in [0.05, 0.1) is 11.0 Å². The molecule has 6 heteroatoms. The average Bonchev–Trinajstić information content (AvgIpc) is 2.86. The Bertz CT molecular complexity index is 864. The van der Waals surface area contributed by atoms with Crippen molar-refractivity contribution in [3.05, 3.63) is 34.7 Å². The van der Waals surface area contributed by atoms with E-state index in [1.54, 1.807) is 16.2 Å². The van der Waals surface area contributed by atoms with E-state index in [0.717, 1.165) is 49.8 Å². The Kier molecular flexibility index (Phi) is 3.95. The molecule has 2 aromatic rings. The monoisotopic (exact) mass is 342 g/mol. The molecule has 2 saturated heterocycles. The summed E-state index contributed by atoms with van der Waals surface area (Å²) in [5.74, 6) is 0.0538. The molecule has 0 radical (unpaired) electrons. The molecule has 1 N–H and O–H groups in total. The van der Waals surface area contributed by atoms with Crippen molar-refractivity contribution < 1.29 is 4.79 Å². The first-order chi connectivity index (χ1) is 12.0. The van der Waals surface area contributed by atoms with Crippen LogP contribution in [0, 0.1) is 0 Å². The number of aryl methyl sites for hydroxylation is 1. The van der Waals surface area contributed by atoms with E-state index >= 15 is 0 Å². The predicted molar refractivity (Wildman–Crippen MR) is 97.6 cm³/mol. The van der Waals surface area contributed by atoms with Gasteiger partial charge in [0.25, 0.3) is 0 Å². The Balaban J connectivity index is 1.64. The molecule has 2 atom stereocenters. The Labute approximate surface area is 147 Å². The Morgan fingerprint density at radius 1 is 1.28 bits per heavy atom. The van der Waals surface area contributed by atoms with Crippen LogP contribution in [-0.2, 0) is 18.4 Å². The van der Waals surface area contributed by atoms with Crippen LogP contribution in [0.15, 0.2) is 29.1 Å². The van der Waals surface area contributed by atoms with Gasteiger partial charge in [-0.25, -0.2) is 4.79 Å². The van der Waals surface area contributed by atoms with Gasteiger partial charge in [0.2, 0.25) is 5.91 Å². The zero-order chi connectivity index (χ0) is 17.6. The molecule has 0 saturated carbocycles. The lowest BCUT2D eigenvalue weighted by Gasteiger charge is -2.51. The van der Waals surface area contributed by atoms with E-state index in [1.165, 1.54) is 0 Å². The molecule has 3 heterocycles. The van der Waals surface area contributed by atoms with Crippen LogP contribution >= 0.6 is 0 Å². The summed E-state index contributed by atoms with van der Waals surface area (Å²) in [6.07, 6.45) is 4.25. The molecule has 0 spiro atoms. The third-order valence-electron chi connectivity index (χ3n) is 6.06. The fraction of sp³-hybridized carbons (Fsp3) is 0.579. The predicted octanol–water partition coefficient (Wildman–Crippen LogP) is 1.47. The number of carbonyl (C=O) groups excluding carboxylic acids is 1. The minimum absolute atomic E-state index is 0.00980. The zero-order valence-electron chi connectivity index (χ0n) is 15.0. The van der Waals surface area contributed by atoms with E-state index < -0.39 is 0 Å². The number of imidazole rings is 1. The van der Waals surface area contributed by atoms with Gasteiger partial charge < -0.3 is 10.2 Å². The van der Waals surface area contributed by atoms with E-state index in [1.807, 2.05) is 29.2 Å². The van der Waals surface area contributed by atoms with Gasteiger partial charge in [0.15, 0.2) is 0 Å². The molecule has 0 unspecified atom stereocenters. The van der Waals surface area contributed by atoms with Crippen LogP contribution in [0.3, 0.4) is 0 Å². The minimum Gasteiger partial charge on any atom is -0.336 e. The number of fused-ring (bicyclic) bond motifs is 2. The van der Waals surface area contributed by atoms with E-state index in [9.17, 15) is 9.59 Å². The van der Waals surface area contributed by atoms with Crippen molar-refractivity contribution in [3.63, 3.8) is 0 Å². The maximum absolute atomic E-state index is 13.1. The fourth-order valence-corrected chi connectivity index (χ4v) is 4.67. The Morgan fingerprint density at radius 2 is 2.04 bits per heavy atom. The molecule has 134 valence electrons. The van der Waals surface area contributed by atoms with Crippen molar-refractivity contribution in [2.75, 3.05) is 13.1 Å². The number of hydrogen-bond donors (Lipinski definition) is 1. The van der Waals surface area contributed by atoms with Gasteiger partial charge in [-0.15, -0.1) is 0 Å². The third kappa shape index (κ3) is 2.59. The molecule has 1 amide bonds. The van der Waals surface area contributed by atoms with Gasteiger partial charge in [0.1, 0.15) is 6.54 Å².